The normalized spacial score (nSPS) is 12.2. The Bertz CT molecular complexity index is 1220. The fraction of sp³-hybridized carbons (Fsp3) is 0.167. The predicted octanol–water partition coefficient (Wildman–Crippen LogP) is 5.20. The van der Waals surface area contributed by atoms with Gasteiger partial charge in [0.05, 0.1) is 22.6 Å². The first-order valence-corrected chi connectivity index (χ1v) is 9.98. The van der Waals surface area contributed by atoms with Crippen molar-refractivity contribution < 1.29 is 0 Å². The number of halogens is 1. The van der Waals surface area contributed by atoms with E-state index in [1.54, 1.807) is 4.57 Å². The average Bonchev–Trinajstić information content (AvgIpc) is 2.75. The van der Waals surface area contributed by atoms with Crippen molar-refractivity contribution >= 4 is 22.5 Å². The van der Waals surface area contributed by atoms with Crippen LogP contribution in [0.5, 0.6) is 0 Å². The van der Waals surface area contributed by atoms with Crippen LogP contribution in [0, 0.1) is 6.92 Å². The third-order valence-electron chi connectivity index (χ3n) is 5.12. The lowest BCUT2D eigenvalue weighted by Crippen LogP contribution is -2.30. The topological polar surface area (TPSA) is 46.9 Å². The number of fused-ring (bicyclic) bond motifs is 1. The standard InChI is InChI=1S/C24H22ClN3O/c1-16-20(25)12-8-14-22(16)28-23(17(2)26-15-18-9-4-3-5-10-18)27-21-13-7-6-11-19(21)24(28)29/h3-14,17,26H,15H2,1-2H3. The molecule has 4 nitrogen and oxygen atoms in total. The fourth-order valence-corrected chi connectivity index (χ4v) is 3.64. The molecule has 4 aromatic rings. The van der Waals surface area contributed by atoms with Crippen molar-refractivity contribution in [2.24, 2.45) is 0 Å². The first-order valence-electron chi connectivity index (χ1n) is 9.60. The summed E-state index contributed by atoms with van der Waals surface area (Å²) in [5.41, 5.74) is 3.38. The molecule has 0 aliphatic rings. The van der Waals surface area contributed by atoms with Crippen LogP contribution in [0.25, 0.3) is 16.6 Å². The maximum Gasteiger partial charge on any atom is 0.266 e. The smallest absolute Gasteiger partial charge is 0.266 e. The Morgan fingerprint density at radius 3 is 2.52 bits per heavy atom. The number of benzene rings is 3. The van der Waals surface area contributed by atoms with Gasteiger partial charge in [0.25, 0.3) is 5.56 Å². The van der Waals surface area contributed by atoms with Gasteiger partial charge in [0.1, 0.15) is 5.82 Å². The van der Waals surface area contributed by atoms with Gasteiger partial charge in [0.2, 0.25) is 0 Å². The lowest BCUT2D eigenvalue weighted by Gasteiger charge is -2.21. The third-order valence-corrected chi connectivity index (χ3v) is 5.53. The summed E-state index contributed by atoms with van der Waals surface area (Å²) in [5, 5.41) is 4.71. The van der Waals surface area contributed by atoms with Crippen LogP contribution in [-0.4, -0.2) is 9.55 Å². The first kappa shape index (κ1) is 19.4. The van der Waals surface area contributed by atoms with Gasteiger partial charge in [-0.1, -0.05) is 60.1 Å². The Balaban J connectivity index is 1.85. The highest BCUT2D eigenvalue weighted by molar-refractivity contribution is 6.31. The maximum absolute atomic E-state index is 13.4. The summed E-state index contributed by atoms with van der Waals surface area (Å²) in [6.07, 6.45) is 0. The summed E-state index contributed by atoms with van der Waals surface area (Å²) in [6, 6.07) is 23.1. The molecule has 1 unspecified atom stereocenters. The van der Waals surface area contributed by atoms with E-state index < -0.39 is 0 Å². The maximum atomic E-state index is 13.4. The molecular weight excluding hydrogens is 382 g/mol. The Kier molecular flexibility index (Phi) is 5.47. The summed E-state index contributed by atoms with van der Waals surface area (Å²) < 4.78 is 1.69. The van der Waals surface area contributed by atoms with Crippen LogP contribution < -0.4 is 10.9 Å². The minimum atomic E-state index is -0.147. The largest absolute Gasteiger partial charge is 0.303 e. The molecule has 0 saturated heterocycles. The third kappa shape index (κ3) is 3.82. The molecule has 4 rings (SSSR count). The predicted molar refractivity (Wildman–Crippen MR) is 119 cm³/mol. The monoisotopic (exact) mass is 403 g/mol. The molecule has 1 atom stereocenters. The summed E-state index contributed by atoms with van der Waals surface area (Å²) >= 11 is 6.36. The first-order chi connectivity index (χ1) is 14.1. The molecule has 1 N–H and O–H groups in total. The second kappa shape index (κ2) is 8.19. The van der Waals surface area contributed by atoms with E-state index in [4.69, 9.17) is 16.6 Å². The van der Waals surface area contributed by atoms with Gasteiger partial charge in [0, 0.05) is 11.6 Å². The zero-order chi connectivity index (χ0) is 20.4. The van der Waals surface area contributed by atoms with Crippen molar-refractivity contribution in [3.8, 4) is 5.69 Å². The van der Waals surface area contributed by atoms with Crippen molar-refractivity contribution in [2.45, 2.75) is 26.4 Å². The van der Waals surface area contributed by atoms with E-state index in [0.717, 1.165) is 11.3 Å². The van der Waals surface area contributed by atoms with Crippen molar-refractivity contribution in [1.82, 2.24) is 14.9 Å². The van der Waals surface area contributed by atoms with Gasteiger partial charge in [0.15, 0.2) is 0 Å². The number of nitrogens with one attached hydrogen (secondary N) is 1. The molecular formula is C24H22ClN3O. The molecule has 0 saturated carbocycles. The van der Waals surface area contributed by atoms with Crippen LogP contribution >= 0.6 is 11.6 Å². The zero-order valence-electron chi connectivity index (χ0n) is 16.4. The molecule has 5 heteroatoms. The number of para-hydroxylation sites is 1. The summed E-state index contributed by atoms with van der Waals surface area (Å²) in [6.45, 7) is 4.63. The van der Waals surface area contributed by atoms with Crippen LogP contribution in [0.1, 0.15) is 29.9 Å². The van der Waals surface area contributed by atoms with Gasteiger partial charge >= 0.3 is 0 Å². The fourth-order valence-electron chi connectivity index (χ4n) is 3.47. The zero-order valence-corrected chi connectivity index (χ0v) is 17.1. The highest BCUT2D eigenvalue weighted by atomic mass is 35.5. The molecule has 0 bridgehead atoms. The van der Waals surface area contributed by atoms with E-state index in [0.29, 0.717) is 28.3 Å². The minimum absolute atomic E-state index is 0.0932. The molecule has 0 spiro atoms. The average molecular weight is 404 g/mol. The lowest BCUT2D eigenvalue weighted by atomic mass is 10.1. The molecule has 0 aliphatic heterocycles. The highest BCUT2D eigenvalue weighted by Crippen LogP contribution is 2.25. The number of hydrogen-bond acceptors (Lipinski definition) is 3. The van der Waals surface area contributed by atoms with Gasteiger partial charge in [-0.05, 0) is 49.2 Å². The van der Waals surface area contributed by atoms with E-state index in [1.807, 2.05) is 74.5 Å². The molecule has 0 fully saturated rings. The van der Waals surface area contributed by atoms with Crippen LogP contribution in [-0.2, 0) is 6.54 Å². The second-order valence-corrected chi connectivity index (χ2v) is 7.51. The van der Waals surface area contributed by atoms with E-state index >= 15 is 0 Å². The minimum Gasteiger partial charge on any atom is -0.303 e. The van der Waals surface area contributed by atoms with Crippen LogP contribution in [0.3, 0.4) is 0 Å². The van der Waals surface area contributed by atoms with Gasteiger partial charge in [-0.15, -0.1) is 0 Å². The number of hydrogen-bond donors (Lipinski definition) is 1. The van der Waals surface area contributed by atoms with Gasteiger partial charge < -0.3 is 5.32 Å². The highest BCUT2D eigenvalue weighted by Gasteiger charge is 2.19. The molecule has 1 aromatic heterocycles. The SMILES string of the molecule is Cc1c(Cl)cccc1-n1c(C(C)NCc2ccccc2)nc2ccccc2c1=O. The number of nitrogens with zero attached hydrogens (tertiary/aromatic N) is 2. The quantitative estimate of drug-likeness (QED) is 0.498. The van der Waals surface area contributed by atoms with Crippen molar-refractivity contribution in [2.75, 3.05) is 0 Å². The van der Waals surface area contributed by atoms with Crippen molar-refractivity contribution in [3.05, 3.63) is 105 Å². The van der Waals surface area contributed by atoms with Crippen LogP contribution in [0.2, 0.25) is 5.02 Å². The van der Waals surface area contributed by atoms with Crippen molar-refractivity contribution in [3.63, 3.8) is 0 Å². The molecule has 3 aromatic carbocycles. The lowest BCUT2D eigenvalue weighted by molar-refractivity contribution is 0.532. The van der Waals surface area contributed by atoms with E-state index in [1.165, 1.54) is 5.56 Å². The second-order valence-electron chi connectivity index (χ2n) is 7.10. The Morgan fingerprint density at radius 1 is 1.00 bits per heavy atom. The van der Waals surface area contributed by atoms with E-state index in [-0.39, 0.29) is 11.6 Å². The molecule has 29 heavy (non-hydrogen) atoms. The molecule has 0 amide bonds. The van der Waals surface area contributed by atoms with Gasteiger partial charge in [-0.2, -0.15) is 0 Å². The molecule has 0 radical (unpaired) electrons. The molecule has 1 heterocycles. The summed E-state index contributed by atoms with van der Waals surface area (Å²) in [4.78, 5) is 18.3. The molecule has 0 aliphatic carbocycles. The Hall–Kier alpha value is -2.95. The summed E-state index contributed by atoms with van der Waals surface area (Å²) in [5.74, 6) is 0.662. The van der Waals surface area contributed by atoms with Crippen LogP contribution in [0.4, 0.5) is 0 Å². The Morgan fingerprint density at radius 2 is 1.72 bits per heavy atom. The van der Waals surface area contributed by atoms with Crippen molar-refractivity contribution in [1.29, 1.82) is 0 Å². The van der Waals surface area contributed by atoms with Gasteiger partial charge in [-0.25, -0.2) is 4.98 Å². The van der Waals surface area contributed by atoms with E-state index in [9.17, 15) is 4.79 Å². The number of aromatic nitrogens is 2. The van der Waals surface area contributed by atoms with Gasteiger partial charge in [-0.3, -0.25) is 9.36 Å². The van der Waals surface area contributed by atoms with E-state index in [2.05, 4.69) is 17.4 Å². The van der Waals surface area contributed by atoms with Crippen LogP contribution in [0.15, 0.2) is 77.6 Å². The Labute approximate surface area is 174 Å². The molecule has 146 valence electrons. The summed E-state index contributed by atoms with van der Waals surface area (Å²) in [7, 11) is 0. The number of rotatable bonds is 5.